The zero-order valence-electron chi connectivity index (χ0n) is 10.5. The number of benzene rings is 1. The molecule has 0 spiro atoms. The van der Waals surface area contributed by atoms with Crippen molar-refractivity contribution in [1.82, 2.24) is 5.32 Å². The molecule has 0 bridgehead atoms. The van der Waals surface area contributed by atoms with Gasteiger partial charge in [-0.1, -0.05) is 30.3 Å². The van der Waals surface area contributed by atoms with Crippen molar-refractivity contribution in [3.63, 3.8) is 0 Å². The van der Waals surface area contributed by atoms with Gasteiger partial charge in [0.1, 0.15) is 0 Å². The molecule has 1 aliphatic heterocycles. The molecule has 6 heteroatoms. The number of rotatable bonds is 4. The average molecular weight is 283 g/mol. The largest absolute Gasteiger partial charge is 0.394 e. The van der Waals surface area contributed by atoms with Crippen molar-refractivity contribution in [2.45, 2.75) is 12.5 Å². The van der Waals surface area contributed by atoms with E-state index in [4.69, 9.17) is 0 Å². The van der Waals surface area contributed by atoms with Crippen LogP contribution < -0.4 is 5.32 Å². The predicted octanol–water partition coefficient (Wildman–Crippen LogP) is 0.271. The minimum Gasteiger partial charge on any atom is -0.394 e. The highest BCUT2D eigenvalue weighted by Gasteiger charge is 2.33. The fourth-order valence-corrected chi connectivity index (χ4v) is 3.95. The van der Waals surface area contributed by atoms with Gasteiger partial charge in [-0.05, 0) is 12.0 Å². The van der Waals surface area contributed by atoms with Crippen molar-refractivity contribution in [3.8, 4) is 0 Å². The first kappa shape index (κ1) is 14.0. The molecule has 2 N–H and O–H groups in total. The van der Waals surface area contributed by atoms with E-state index in [2.05, 4.69) is 5.32 Å². The Morgan fingerprint density at radius 1 is 1.37 bits per heavy atom. The van der Waals surface area contributed by atoms with Crippen LogP contribution >= 0.6 is 0 Å². The molecule has 1 heterocycles. The van der Waals surface area contributed by atoms with Gasteiger partial charge in [0.2, 0.25) is 5.91 Å². The van der Waals surface area contributed by atoms with Gasteiger partial charge in [0.05, 0.1) is 30.1 Å². The molecule has 2 rings (SSSR count). The molecule has 1 aromatic carbocycles. The molecule has 0 aromatic heterocycles. The van der Waals surface area contributed by atoms with Crippen molar-refractivity contribution in [1.29, 1.82) is 0 Å². The van der Waals surface area contributed by atoms with Crippen LogP contribution in [0.4, 0.5) is 0 Å². The fourth-order valence-electron chi connectivity index (χ4n) is 2.21. The maximum Gasteiger partial charge on any atom is 0.224 e. The number of aliphatic hydroxyl groups excluding tert-OH is 1. The summed E-state index contributed by atoms with van der Waals surface area (Å²) >= 11 is 0. The maximum absolute atomic E-state index is 12.0. The van der Waals surface area contributed by atoms with Crippen LogP contribution in [0.2, 0.25) is 0 Å². The van der Waals surface area contributed by atoms with E-state index in [-0.39, 0.29) is 24.0 Å². The van der Waals surface area contributed by atoms with E-state index in [1.54, 1.807) is 0 Å². The summed E-state index contributed by atoms with van der Waals surface area (Å²) in [4.78, 5) is 12.0. The Bertz CT molecular complexity index is 541. The quantitative estimate of drug-likeness (QED) is 0.831. The van der Waals surface area contributed by atoms with Crippen LogP contribution in [0.5, 0.6) is 0 Å². The first-order chi connectivity index (χ1) is 9.02. The van der Waals surface area contributed by atoms with Gasteiger partial charge < -0.3 is 10.4 Å². The summed E-state index contributed by atoms with van der Waals surface area (Å²) in [5.74, 6) is -0.821. The number of amides is 1. The summed E-state index contributed by atoms with van der Waals surface area (Å²) < 4.78 is 22.7. The third-order valence-electron chi connectivity index (χ3n) is 3.30. The highest BCUT2D eigenvalue weighted by Crippen LogP contribution is 2.20. The molecule has 19 heavy (non-hydrogen) atoms. The zero-order valence-corrected chi connectivity index (χ0v) is 11.3. The number of carbonyl (C=O) groups is 1. The lowest BCUT2D eigenvalue weighted by molar-refractivity contribution is -0.125. The second-order valence-electron chi connectivity index (χ2n) is 4.75. The predicted molar refractivity (Wildman–Crippen MR) is 71.2 cm³/mol. The minimum absolute atomic E-state index is 0.0697. The van der Waals surface area contributed by atoms with Crippen molar-refractivity contribution in [2.24, 2.45) is 5.92 Å². The molecule has 1 fully saturated rings. The zero-order chi connectivity index (χ0) is 13.9. The number of aliphatic hydroxyl groups is 1. The Morgan fingerprint density at radius 2 is 2.05 bits per heavy atom. The van der Waals surface area contributed by atoms with E-state index in [9.17, 15) is 18.3 Å². The molecule has 1 saturated heterocycles. The smallest absolute Gasteiger partial charge is 0.224 e. The summed E-state index contributed by atoms with van der Waals surface area (Å²) in [7, 11) is -3.07. The van der Waals surface area contributed by atoms with Gasteiger partial charge in [-0.2, -0.15) is 0 Å². The molecule has 1 amide bonds. The van der Waals surface area contributed by atoms with Crippen molar-refractivity contribution in [2.75, 3.05) is 18.1 Å². The SMILES string of the molecule is O=C(N[C@H](CO)c1ccccc1)C1CCS(=O)(=O)C1. The molecule has 1 aromatic rings. The Labute approximate surface area is 112 Å². The summed E-state index contributed by atoms with van der Waals surface area (Å²) in [6.45, 7) is -0.213. The summed E-state index contributed by atoms with van der Waals surface area (Å²) in [6.07, 6.45) is 0.362. The lowest BCUT2D eigenvalue weighted by Gasteiger charge is -2.18. The standard InChI is InChI=1S/C13H17NO4S/c15-8-12(10-4-2-1-3-5-10)14-13(16)11-6-7-19(17,18)9-11/h1-5,11-12,15H,6-9H2,(H,14,16)/t11?,12-/m1/s1. The molecule has 2 atom stereocenters. The van der Waals surface area contributed by atoms with Gasteiger partial charge in [0, 0.05) is 0 Å². The molecular weight excluding hydrogens is 266 g/mol. The molecule has 1 unspecified atom stereocenters. The second kappa shape index (κ2) is 5.71. The number of nitrogens with one attached hydrogen (secondary N) is 1. The minimum atomic E-state index is -3.07. The van der Waals surface area contributed by atoms with E-state index in [0.717, 1.165) is 5.56 Å². The van der Waals surface area contributed by atoms with Crippen LogP contribution in [0.25, 0.3) is 0 Å². The normalized spacial score (nSPS) is 22.9. The summed E-state index contributed by atoms with van der Waals surface area (Å²) in [5, 5.41) is 12.1. The lowest BCUT2D eigenvalue weighted by Crippen LogP contribution is -2.36. The molecule has 5 nitrogen and oxygen atoms in total. The Kier molecular flexibility index (Phi) is 4.21. The Morgan fingerprint density at radius 3 is 2.58 bits per heavy atom. The van der Waals surface area contributed by atoms with Crippen LogP contribution in [0.1, 0.15) is 18.0 Å². The van der Waals surface area contributed by atoms with Crippen LogP contribution in [-0.4, -0.2) is 37.5 Å². The third kappa shape index (κ3) is 3.54. The number of carbonyl (C=O) groups excluding carboxylic acids is 1. The van der Waals surface area contributed by atoms with E-state index < -0.39 is 21.8 Å². The van der Waals surface area contributed by atoms with Gasteiger partial charge in [0.25, 0.3) is 0 Å². The van der Waals surface area contributed by atoms with Gasteiger partial charge in [-0.15, -0.1) is 0 Å². The molecule has 0 saturated carbocycles. The molecule has 1 aliphatic rings. The molecule has 0 aliphatic carbocycles. The second-order valence-corrected chi connectivity index (χ2v) is 6.98. The highest BCUT2D eigenvalue weighted by molar-refractivity contribution is 7.91. The van der Waals surface area contributed by atoms with E-state index in [1.165, 1.54) is 0 Å². The van der Waals surface area contributed by atoms with E-state index in [0.29, 0.717) is 6.42 Å². The molecule has 104 valence electrons. The summed E-state index contributed by atoms with van der Waals surface area (Å²) in [6, 6.07) is 8.63. The van der Waals surface area contributed by atoms with Gasteiger partial charge in [-0.3, -0.25) is 4.79 Å². The number of hydrogen-bond acceptors (Lipinski definition) is 4. The Balaban J connectivity index is 2.02. The van der Waals surface area contributed by atoms with E-state index in [1.807, 2.05) is 30.3 Å². The van der Waals surface area contributed by atoms with Crippen molar-refractivity contribution >= 4 is 15.7 Å². The summed E-state index contributed by atoms with van der Waals surface area (Å²) in [5.41, 5.74) is 0.805. The number of sulfone groups is 1. The van der Waals surface area contributed by atoms with Crippen LogP contribution in [0.15, 0.2) is 30.3 Å². The maximum atomic E-state index is 12.0. The fraction of sp³-hybridized carbons (Fsp3) is 0.462. The third-order valence-corrected chi connectivity index (χ3v) is 5.07. The van der Waals surface area contributed by atoms with Crippen LogP contribution in [-0.2, 0) is 14.6 Å². The van der Waals surface area contributed by atoms with Crippen LogP contribution in [0, 0.1) is 5.92 Å². The van der Waals surface area contributed by atoms with Gasteiger partial charge >= 0.3 is 0 Å². The first-order valence-electron chi connectivity index (χ1n) is 6.18. The Hall–Kier alpha value is -1.40. The molecular formula is C13H17NO4S. The van der Waals surface area contributed by atoms with E-state index >= 15 is 0 Å². The molecule has 0 radical (unpaired) electrons. The van der Waals surface area contributed by atoms with Crippen LogP contribution in [0.3, 0.4) is 0 Å². The van der Waals surface area contributed by atoms with Gasteiger partial charge in [0.15, 0.2) is 9.84 Å². The monoisotopic (exact) mass is 283 g/mol. The lowest BCUT2D eigenvalue weighted by atomic mass is 10.0. The van der Waals surface area contributed by atoms with Crippen molar-refractivity contribution in [3.05, 3.63) is 35.9 Å². The average Bonchev–Trinajstić information content (AvgIpc) is 2.77. The topological polar surface area (TPSA) is 83.5 Å². The highest BCUT2D eigenvalue weighted by atomic mass is 32.2. The first-order valence-corrected chi connectivity index (χ1v) is 8.00. The number of hydrogen-bond donors (Lipinski definition) is 2. The van der Waals surface area contributed by atoms with Crippen molar-refractivity contribution < 1.29 is 18.3 Å². The van der Waals surface area contributed by atoms with Gasteiger partial charge in [-0.25, -0.2) is 8.42 Å².